The van der Waals surface area contributed by atoms with Gasteiger partial charge in [-0.25, -0.2) is 4.98 Å². The van der Waals surface area contributed by atoms with Gasteiger partial charge in [0.15, 0.2) is 0 Å². The highest BCUT2D eigenvalue weighted by molar-refractivity contribution is 5.64. The number of aryl methyl sites for hydroxylation is 1. The molecule has 4 heteroatoms. The number of hydrogen-bond donors (Lipinski definition) is 1. The molecule has 0 amide bonds. The van der Waals surface area contributed by atoms with E-state index < -0.39 is 0 Å². The second kappa shape index (κ2) is 5.88. The van der Waals surface area contributed by atoms with E-state index in [9.17, 15) is 4.79 Å². The van der Waals surface area contributed by atoms with E-state index in [4.69, 9.17) is 5.73 Å². The first-order valence-corrected chi connectivity index (χ1v) is 8.53. The average Bonchev–Trinajstić information content (AvgIpc) is 3.41. The monoisotopic (exact) mass is 331 g/mol. The van der Waals surface area contributed by atoms with Crippen molar-refractivity contribution in [1.82, 2.24) is 9.55 Å². The van der Waals surface area contributed by atoms with Crippen LogP contribution in [0.15, 0.2) is 59.4 Å². The number of benzene rings is 2. The van der Waals surface area contributed by atoms with Crippen LogP contribution in [0.1, 0.15) is 35.1 Å². The molecular formula is C21H21N3O. The first-order chi connectivity index (χ1) is 12.0. The predicted octanol–water partition coefficient (Wildman–Crippen LogP) is 3.61. The molecule has 25 heavy (non-hydrogen) atoms. The minimum Gasteiger partial charge on any atom is -0.369 e. The molecular weight excluding hydrogens is 310 g/mol. The third-order valence-electron chi connectivity index (χ3n) is 5.08. The topological polar surface area (TPSA) is 60.9 Å². The summed E-state index contributed by atoms with van der Waals surface area (Å²) >= 11 is 0. The molecule has 3 aromatic rings. The van der Waals surface area contributed by atoms with E-state index in [2.05, 4.69) is 60.4 Å². The molecule has 2 aromatic carbocycles. The zero-order valence-corrected chi connectivity index (χ0v) is 14.4. The van der Waals surface area contributed by atoms with Crippen molar-refractivity contribution in [3.8, 4) is 11.1 Å². The summed E-state index contributed by atoms with van der Waals surface area (Å²) in [6.07, 6.45) is 1.02. The molecule has 126 valence electrons. The van der Waals surface area contributed by atoms with E-state index in [1.807, 2.05) is 0 Å². The van der Waals surface area contributed by atoms with Crippen LogP contribution in [-0.2, 0) is 7.05 Å². The van der Waals surface area contributed by atoms with E-state index in [-0.39, 0.29) is 11.5 Å². The molecule has 0 bridgehead atoms. The van der Waals surface area contributed by atoms with Crippen LogP contribution in [0.4, 0.5) is 5.95 Å². The fourth-order valence-corrected chi connectivity index (χ4v) is 3.32. The van der Waals surface area contributed by atoms with Gasteiger partial charge in [-0.15, -0.1) is 0 Å². The zero-order chi connectivity index (χ0) is 17.6. The number of anilines is 1. The van der Waals surface area contributed by atoms with E-state index in [1.165, 1.54) is 26.8 Å². The quantitative estimate of drug-likeness (QED) is 0.797. The Kier molecular flexibility index (Phi) is 3.68. The Morgan fingerprint density at radius 1 is 1.00 bits per heavy atom. The fraction of sp³-hybridized carbons (Fsp3) is 0.238. The summed E-state index contributed by atoms with van der Waals surface area (Å²) in [6, 6.07) is 18.9. The zero-order valence-electron chi connectivity index (χ0n) is 14.4. The van der Waals surface area contributed by atoms with Crippen LogP contribution in [0.25, 0.3) is 11.1 Å². The second-order valence-electron chi connectivity index (χ2n) is 6.87. The van der Waals surface area contributed by atoms with Gasteiger partial charge in [-0.2, -0.15) is 0 Å². The summed E-state index contributed by atoms with van der Waals surface area (Å²) in [5.74, 6) is 0.996. The molecule has 1 aliphatic rings. The third kappa shape index (κ3) is 2.95. The number of hydrogen-bond acceptors (Lipinski definition) is 3. The number of nitrogens with zero attached hydrogens (tertiary/aromatic N) is 2. The van der Waals surface area contributed by atoms with Gasteiger partial charge in [0.2, 0.25) is 5.95 Å². The molecule has 1 saturated carbocycles. The third-order valence-corrected chi connectivity index (χ3v) is 5.08. The lowest BCUT2D eigenvalue weighted by Crippen LogP contribution is -2.21. The maximum atomic E-state index is 11.9. The van der Waals surface area contributed by atoms with Gasteiger partial charge < -0.3 is 5.73 Å². The van der Waals surface area contributed by atoms with Crippen molar-refractivity contribution in [3.63, 3.8) is 0 Å². The molecule has 4 rings (SSSR count). The SMILES string of the molecule is Cc1ccc(-c2ccc([C@@H]3C[C@@H]3c3cc(=O)n(C)c(N)n3)cc2)cc1. The molecule has 4 nitrogen and oxygen atoms in total. The smallest absolute Gasteiger partial charge is 0.254 e. The van der Waals surface area contributed by atoms with Crippen LogP contribution in [0.5, 0.6) is 0 Å². The molecule has 0 unspecified atom stereocenters. The summed E-state index contributed by atoms with van der Waals surface area (Å²) in [5.41, 5.74) is 11.5. The van der Waals surface area contributed by atoms with Gasteiger partial charge in [-0.1, -0.05) is 54.1 Å². The first kappa shape index (κ1) is 15.6. The minimum atomic E-state index is -0.0946. The Labute approximate surface area is 147 Å². The van der Waals surface area contributed by atoms with E-state index >= 15 is 0 Å². The molecule has 0 aliphatic heterocycles. The lowest BCUT2D eigenvalue weighted by molar-refractivity contribution is 0.813. The fourth-order valence-electron chi connectivity index (χ4n) is 3.32. The largest absolute Gasteiger partial charge is 0.369 e. The van der Waals surface area contributed by atoms with Crippen molar-refractivity contribution in [3.05, 3.63) is 81.8 Å². The van der Waals surface area contributed by atoms with Gasteiger partial charge in [0.05, 0.1) is 5.69 Å². The number of rotatable bonds is 3. The molecule has 1 heterocycles. The van der Waals surface area contributed by atoms with Crippen molar-refractivity contribution in [2.75, 3.05) is 5.73 Å². The van der Waals surface area contributed by atoms with Crippen LogP contribution in [-0.4, -0.2) is 9.55 Å². The Balaban J connectivity index is 1.54. The van der Waals surface area contributed by atoms with Gasteiger partial charge in [-0.3, -0.25) is 9.36 Å². The maximum Gasteiger partial charge on any atom is 0.254 e. The Hall–Kier alpha value is -2.88. The summed E-state index contributed by atoms with van der Waals surface area (Å²) in [7, 11) is 1.64. The number of nitrogens with two attached hydrogens (primary N) is 1. The summed E-state index contributed by atoms with van der Waals surface area (Å²) in [6.45, 7) is 2.10. The van der Waals surface area contributed by atoms with Gasteiger partial charge in [0, 0.05) is 19.0 Å². The Bertz CT molecular complexity index is 972. The highest BCUT2D eigenvalue weighted by atomic mass is 16.1. The highest BCUT2D eigenvalue weighted by Crippen LogP contribution is 2.54. The standard InChI is InChI=1S/C21H21N3O/c1-13-3-5-14(6-4-13)15-7-9-16(10-8-15)17-11-18(17)19-12-20(25)24(2)21(22)23-19/h3-10,12,17-18H,11H2,1-2H3,(H2,22,23)/t17-,18-/m0/s1. The highest BCUT2D eigenvalue weighted by Gasteiger charge is 2.41. The number of nitrogen functional groups attached to an aromatic ring is 1. The molecule has 0 saturated heterocycles. The maximum absolute atomic E-state index is 11.9. The minimum absolute atomic E-state index is 0.0946. The van der Waals surface area contributed by atoms with Crippen molar-refractivity contribution in [2.45, 2.75) is 25.2 Å². The summed E-state index contributed by atoms with van der Waals surface area (Å²) in [4.78, 5) is 16.3. The van der Waals surface area contributed by atoms with Gasteiger partial charge in [0.1, 0.15) is 0 Å². The molecule has 1 aromatic heterocycles. The van der Waals surface area contributed by atoms with Crippen LogP contribution in [0.3, 0.4) is 0 Å². The van der Waals surface area contributed by atoms with Crippen LogP contribution < -0.4 is 11.3 Å². The van der Waals surface area contributed by atoms with Crippen molar-refractivity contribution in [2.24, 2.45) is 7.05 Å². The molecule has 2 atom stereocenters. The molecule has 1 aliphatic carbocycles. The van der Waals surface area contributed by atoms with Crippen molar-refractivity contribution in [1.29, 1.82) is 0 Å². The van der Waals surface area contributed by atoms with E-state index in [1.54, 1.807) is 13.1 Å². The van der Waals surface area contributed by atoms with Crippen molar-refractivity contribution < 1.29 is 0 Å². The molecule has 0 spiro atoms. The summed E-state index contributed by atoms with van der Waals surface area (Å²) < 4.78 is 1.37. The van der Waals surface area contributed by atoms with E-state index in [0.717, 1.165) is 12.1 Å². The van der Waals surface area contributed by atoms with Gasteiger partial charge in [-0.05, 0) is 36.0 Å². The lowest BCUT2D eigenvalue weighted by atomic mass is 10.0. The van der Waals surface area contributed by atoms with Crippen LogP contribution >= 0.6 is 0 Å². The lowest BCUT2D eigenvalue weighted by Gasteiger charge is -2.06. The molecule has 0 radical (unpaired) electrons. The van der Waals surface area contributed by atoms with Gasteiger partial charge in [0.25, 0.3) is 5.56 Å². The van der Waals surface area contributed by atoms with Crippen LogP contribution in [0.2, 0.25) is 0 Å². The average molecular weight is 331 g/mol. The second-order valence-corrected chi connectivity index (χ2v) is 6.87. The normalized spacial score (nSPS) is 19.0. The molecule has 1 fully saturated rings. The summed E-state index contributed by atoms with van der Waals surface area (Å²) in [5, 5.41) is 0. The van der Waals surface area contributed by atoms with Gasteiger partial charge >= 0.3 is 0 Å². The van der Waals surface area contributed by atoms with E-state index in [0.29, 0.717) is 11.8 Å². The van der Waals surface area contributed by atoms with Crippen molar-refractivity contribution >= 4 is 5.95 Å². The van der Waals surface area contributed by atoms with Crippen LogP contribution in [0, 0.1) is 6.92 Å². The number of aromatic nitrogens is 2. The first-order valence-electron chi connectivity index (χ1n) is 8.53. The Morgan fingerprint density at radius 2 is 1.60 bits per heavy atom. The molecule has 2 N–H and O–H groups in total. The Morgan fingerprint density at radius 3 is 2.20 bits per heavy atom. The predicted molar refractivity (Wildman–Crippen MR) is 101 cm³/mol.